The van der Waals surface area contributed by atoms with Crippen LogP contribution in [0.25, 0.3) is 0 Å². The minimum atomic E-state index is 0.533. The zero-order valence-electron chi connectivity index (χ0n) is 11.4. The van der Waals surface area contributed by atoms with E-state index < -0.39 is 0 Å². The smallest absolute Gasteiger partial charge is 0.227 e. The van der Waals surface area contributed by atoms with Crippen molar-refractivity contribution >= 4 is 5.82 Å². The normalized spacial score (nSPS) is 10.3. The van der Waals surface area contributed by atoms with Gasteiger partial charge >= 0.3 is 0 Å². The Morgan fingerprint density at radius 3 is 2.68 bits per heavy atom. The molecule has 5 heteroatoms. The number of hydrogen-bond acceptors (Lipinski definition) is 5. The SMILES string of the molecule is CCc1nc(NN)c(C)c(Oc2cccc(C)c2)n1. The summed E-state index contributed by atoms with van der Waals surface area (Å²) in [5.74, 6) is 8.04. The first-order valence-corrected chi connectivity index (χ1v) is 6.22. The highest BCUT2D eigenvalue weighted by Gasteiger charge is 2.11. The van der Waals surface area contributed by atoms with Crippen molar-refractivity contribution in [3.63, 3.8) is 0 Å². The number of nitrogens with two attached hydrogens (primary N) is 1. The molecule has 0 fully saturated rings. The maximum Gasteiger partial charge on any atom is 0.227 e. The summed E-state index contributed by atoms with van der Waals surface area (Å²) >= 11 is 0. The van der Waals surface area contributed by atoms with Crippen LogP contribution in [0.2, 0.25) is 0 Å². The lowest BCUT2D eigenvalue weighted by Gasteiger charge is -2.12. The zero-order valence-corrected chi connectivity index (χ0v) is 11.4. The molecule has 0 atom stereocenters. The Morgan fingerprint density at radius 1 is 1.26 bits per heavy atom. The highest BCUT2D eigenvalue weighted by molar-refractivity contribution is 5.48. The molecule has 0 radical (unpaired) electrons. The average Bonchev–Trinajstić information content (AvgIpc) is 2.41. The second kappa shape index (κ2) is 5.67. The average molecular weight is 258 g/mol. The number of rotatable bonds is 4. The van der Waals surface area contributed by atoms with E-state index in [1.165, 1.54) is 0 Å². The van der Waals surface area contributed by atoms with Crippen LogP contribution >= 0.6 is 0 Å². The van der Waals surface area contributed by atoms with Gasteiger partial charge in [0.15, 0.2) is 0 Å². The van der Waals surface area contributed by atoms with Gasteiger partial charge in [-0.15, -0.1) is 0 Å². The molecule has 19 heavy (non-hydrogen) atoms. The second-order valence-corrected chi connectivity index (χ2v) is 4.34. The maximum absolute atomic E-state index is 5.83. The van der Waals surface area contributed by atoms with Crippen LogP contribution in [0.15, 0.2) is 24.3 Å². The number of hydrazine groups is 1. The van der Waals surface area contributed by atoms with Gasteiger partial charge in [-0.3, -0.25) is 0 Å². The molecule has 2 aromatic rings. The van der Waals surface area contributed by atoms with E-state index in [2.05, 4.69) is 15.4 Å². The van der Waals surface area contributed by atoms with Crippen molar-refractivity contribution in [2.75, 3.05) is 5.43 Å². The van der Waals surface area contributed by atoms with E-state index in [-0.39, 0.29) is 0 Å². The number of hydrogen-bond donors (Lipinski definition) is 2. The summed E-state index contributed by atoms with van der Waals surface area (Å²) in [5.41, 5.74) is 4.51. The van der Waals surface area contributed by atoms with Crippen LogP contribution < -0.4 is 16.0 Å². The fraction of sp³-hybridized carbons (Fsp3) is 0.286. The first kappa shape index (κ1) is 13.3. The summed E-state index contributed by atoms with van der Waals surface area (Å²) in [6.45, 7) is 5.88. The predicted molar refractivity (Wildman–Crippen MR) is 75.2 cm³/mol. The van der Waals surface area contributed by atoms with Crippen molar-refractivity contribution in [1.82, 2.24) is 9.97 Å². The Hall–Kier alpha value is -2.14. The Balaban J connectivity index is 2.38. The molecule has 2 rings (SSSR count). The van der Waals surface area contributed by atoms with Gasteiger partial charge < -0.3 is 10.2 Å². The van der Waals surface area contributed by atoms with Crippen LogP contribution in [-0.2, 0) is 6.42 Å². The molecule has 0 spiro atoms. The first-order chi connectivity index (χ1) is 9.13. The molecule has 0 amide bonds. The van der Waals surface area contributed by atoms with Gasteiger partial charge in [0, 0.05) is 6.42 Å². The molecule has 0 bridgehead atoms. The van der Waals surface area contributed by atoms with E-state index in [1.54, 1.807) is 0 Å². The zero-order chi connectivity index (χ0) is 13.8. The lowest BCUT2D eigenvalue weighted by molar-refractivity contribution is 0.454. The molecule has 0 aliphatic rings. The van der Waals surface area contributed by atoms with Gasteiger partial charge in [-0.25, -0.2) is 10.8 Å². The summed E-state index contributed by atoms with van der Waals surface area (Å²) in [7, 11) is 0. The minimum Gasteiger partial charge on any atom is -0.439 e. The Bertz CT molecular complexity index is 584. The number of aromatic nitrogens is 2. The van der Waals surface area contributed by atoms with Gasteiger partial charge in [0.05, 0.1) is 5.56 Å². The topological polar surface area (TPSA) is 73.1 Å². The van der Waals surface area contributed by atoms with E-state index in [4.69, 9.17) is 10.6 Å². The van der Waals surface area contributed by atoms with E-state index in [9.17, 15) is 0 Å². The molecule has 1 aromatic heterocycles. The molecule has 0 saturated carbocycles. The van der Waals surface area contributed by atoms with Gasteiger partial charge in [0.1, 0.15) is 17.4 Å². The maximum atomic E-state index is 5.83. The number of ether oxygens (including phenoxy) is 1. The molecule has 0 aliphatic heterocycles. The van der Waals surface area contributed by atoms with Gasteiger partial charge in [-0.05, 0) is 31.5 Å². The van der Waals surface area contributed by atoms with Crippen molar-refractivity contribution in [3.8, 4) is 11.6 Å². The van der Waals surface area contributed by atoms with Crippen LogP contribution in [0.5, 0.6) is 11.6 Å². The highest BCUT2D eigenvalue weighted by atomic mass is 16.5. The Labute approximate surface area is 112 Å². The lowest BCUT2D eigenvalue weighted by atomic mass is 10.2. The van der Waals surface area contributed by atoms with E-state index in [1.807, 2.05) is 45.0 Å². The van der Waals surface area contributed by atoms with Crippen LogP contribution in [0.4, 0.5) is 5.82 Å². The minimum absolute atomic E-state index is 0.533. The molecular formula is C14H18N4O. The van der Waals surface area contributed by atoms with Crippen LogP contribution in [0.3, 0.4) is 0 Å². The third-order valence-electron chi connectivity index (χ3n) is 2.80. The van der Waals surface area contributed by atoms with E-state index >= 15 is 0 Å². The van der Waals surface area contributed by atoms with Gasteiger partial charge in [-0.1, -0.05) is 19.1 Å². The fourth-order valence-corrected chi connectivity index (χ4v) is 1.73. The molecule has 0 saturated heterocycles. The summed E-state index contributed by atoms with van der Waals surface area (Å²) < 4.78 is 5.83. The molecule has 0 aliphatic carbocycles. The summed E-state index contributed by atoms with van der Waals surface area (Å²) in [5, 5.41) is 0. The predicted octanol–water partition coefficient (Wildman–Crippen LogP) is 2.73. The van der Waals surface area contributed by atoms with Gasteiger partial charge in [-0.2, -0.15) is 4.98 Å². The second-order valence-electron chi connectivity index (χ2n) is 4.34. The van der Waals surface area contributed by atoms with E-state index in [0.29, 0.717) is 17.5 Å². The molecular weight excluding hydrogens is 240 g/mol. The molecule has 0 unspecified atom stereocenters. The number of benzene rings is 1. The van der Waals surface area contributed by atoms with Crippen LogP contribution in [0.1, 0.15) is 23.9 Å². The summed E-state index contributed by atoms with van der Waals surface area (Å²) in [4.78, 5) is 8.70. The van der Waals surface area contributed by atoms with Crippen molar-refractivity contribution in [3.05, 3.63) is 41.2 Å². The molecule has 3 N–H and O–H groups in total. The van der Waals surface area contributed by atoms with E-state index in [0.717, 1.165) is 23.3 Å². The lowest BCUT2D eigenvalue weighted by Crippen LogP contribution is -2.13. The number of anilines is 1. The first-order valence-electron chi connectivity index (χ1n) is 6.22. The highest BCUT2D eigenvalue weighted by Crippen LogP contribution is 2.27. The Kier molecular flexibility index (Phi) is 3.97. The summed E-state index contributed by atoms with van der Waals surface area (Å²) in [6.07, 6.45) is 0.721. The van der Waals surface area contributed by atoms with Crippen molar-refractivity contribution in [2.24, 2.45) is 5.84 Å². The molecule has 5 nitrogen and oxygen atoms in total. The van der Waals surface area contributed by atoms with Gasteiger partial charge in [0.2, 0.25) is 5.88 Å². The standard InChI is InChI=1S/C14H18N4O/c1-4-12-16-13(18-15)10(3)14(17-12)19-11-7-5-6-9(2)8-11/h5-8H,4,15H2,1-3H3,(H,16,17,18). The molecule has 1 aromatic carbocycles. The number of nitrogens with zero attached hydrogens (tertiary/aromatic N) is 2. The largest absolute Gasteiger partial charge is 0.439 e. The van der Waals surface area contributed by atoms with Crippen LogP contribution in [-0.4, -0.2) is 9.97 Å². The van der Waals surface area contributed by atoms with Crippen LogP contribution in [0, 0.1) is 13.8 Å². The fourth-order valence-electron chi connectivity index (χ4n) is 1.73. The quantitative estimate of drug-likeness (QED) is 0.651. The summed E-state index contributed by atoms with van der Waals surface area (Å²) in [6, 6.07) is 7.83. The third-order valence-corrected chi connectivity index (χ3v) is 2.80. The monoisotopic (exact) mass is 258 g/mol. The van der Waals surface area contributed by atoms with Gasteiger partial charge in [0.25, 0.3) is 0 Å². The molecule has 1 heterocycles. The van der Waals surface area contributed by atoms with Crippen molar-refractivity contribution < 1.29 is 4.74 Å². The molecule has 100 valence electrons. The Morgan fingerprint density at radius 2 is 2.05 bits per heavy atom. The number of aryl methyl sites for hydroxylation is 2. The number of nitrogen functional groups attached to an aromatic ring is 1. The third kappa shape index (κ3) is 3.00. The number of nitrogens with one attached hydrogen (secondary N) is 1. The van der Waals surface area contributed by atoms with Crippen molar-refractivity contribution in [2.45, 2.75) is 27.2 Å². The van der Waals surface area contributed by atoms with Crippen molar-refractivity contribution in [1.29, 1.82) is 0 Å².